The highest BCUT2D eigenvalue weighted by Gasteiger charge is 2.21. The highest BCUT2D eigenvalue weighted by atomic mass is 32.2. The topological polar surface area (TPSA) is 72.5 Å². The maximum atomic E-state index is 11.9. The second kappa shape index (κ2) is 6.38. The average Bonchev–Trinajstić information content (AvgIpc) is 2.56. The number of hydrogen-bond acceptors (Lipinski definition) is 5. The Bertz CT molecular complexity index is 546. The molecule has 1 N–H and O–H groups in total. The number of aryl methyl sites for hydroxylation is 1. The molecule has 0 unspecified atom stereocenters. The van der Waals surface area contributed by atoms with E-state index in [9.17, 15) is 13.2 Å². The van der Waals surface area contributed by atoms with Crippen LogP contribution >= 0.6 is 11.3 Å². The lowest BCUT2D eigenvalue weighted by Crippen LogP contribution is -2.20. The van der Waals surface area contributed by atoms with E-state index >= 15 is 0 Å². The van der Waals surface area contributed by atoms with E-state index in [0.29, 0.717) is 5.00 Å². The van der Waals surface area contributed by atoms with Crippen LogP contribution in [0.15, 0.2) is 6.07 Å². The minimum Gasteiger partial charge on any atom is -0.462 e. The summed E-state index contributed by atoms with van der Waals surface area (Å²) >= 11 is 1.23. The smallest absolute Gasteiger partial charge is 0.341 e. The van der Waals surface area contributed by atoms with Crippen molar-refractivity contribution in [1.29, 1.82) is 0 Å². The van der Waals surface area contributed by atoms with Gasteiger partial charge in [0.1, 0.15) is 5.00 Å². The molecule has 1 aromatic heterocycles. The molecule has 0 aliphatic heterocycles. The van der Waals surface area contributed by atoms with Crippen molar-refractivity contribution in [2.24, 2.45) is 5.92 Å². The number of esters is 1. The van der Waals surface area contributed by atoms with Gasteiger partial charge in [-0.15, -0.1) is 11.3 Å². The zero-order chi connectivity index (χ0) is 14.6. The van der Waals surface area contributed by atoms with E-state index in [4.69, 9.17) is 4.74 Å². The largest absolute Gasteiger partial charge is 0.462 e. The van der Waals surface area contributed by atoms with Crippen molar-refractivity contribution in [2.75, 3.05) is 17.1 Å². The van der Waals surface area contributed by atoms with Crippen LogP contribution in [-0.4, -0.2) is 26.7 Å². The predicted octanol–water partition coefficient (Wildman–Crippen LogP) is 2.63. The van der Waals surface area contributed by atoms with E-state index in [1.165, 1.54) is 11.3 Å². The molecular formula is C12H19NO4S2. The molecule has 0 bridgehead atoms. The summed E-state index contributed by atoms with van der Waals surface area (Å²) < 4.78 is 31.2. The van der Waals surface area contributed by atoms with Crippen LogP contribution < -0.4 is 4.72 Å². The molecule has 108 valence electrons. The molecule has 0 aromatic carbocycles. The molecule has 0 aliphatic rings. The number of anilines is 1. The van der Waals surface area contributed by atoms with Crippen LogP contribution in [0, 0.1) is 12.8 Å². The molecule has 0 fully saturated rings. The lowest BCUT2D eigenvalue weighted by atomic mass is 10.3. The molecule has 0 saturated carbocycles. The molecule has 7 heteroatoms. The Hall–Kier alpha value is -1.08. The normalized spacial score (nSPS) is 11.6. The van der Waals surface area contributed by atoms with Crippen molar-refractivity contribution in [1.82, 2.24) is 0 Å². The summed E-state index contributed by atoms with van der Waals surface area (Å²) in [5, 5.41) is 0.330. The Morgan fingerprint density at radius 2 is 2.11 bits per heavy atom. The SMILES string of the molecule is CCOC(=O)c1cc(C)sc1NS(=O)(=O)CC(C)C. The highest BCUT2D eigenvalue weighted by Crippen LogP contribution is 2.29. The molecule has 19 heavy (non-hydrogen) atoms. The quantitative estimate of drug-likeness (QED) is 0.820. The number of thiophene rings is 1. The molecule has 1 aromatic rings. The van der Waals surface area contributed by atoms with Gasteiger partial charge in [0, 0.05) is 4.88 Å². The first-order valence-electron chi connectivity index (χ1n) is 6.03. The fourth-order valence-corrected chi connectivity index (χ4v) is 4.22. The van der Waals surface area contributed by atoms with Gasteiger partial charge >= 0.3 is 5.97 Å². The van der Waals surface area contributed by atoms with Crippen molar-refractivity contribution < 1.29 is 17.9 Å². The summed E-state index contributed by atoms with van der Waals surface area (Å²) in [4.78, 5) is 12.6. The predicted molar refractivity (Wildman–Crippen MR) is 77.3 cm³/mol. The Labute approximate surface area is 118 Å². The van der Waals surface area contributed by atoms with E-state index in [1.807, 2.05) is 20.8 Å². The van der Waals surface area contributed by atoms with Gasteiger partial charge in [0.2, 0.25) is 10.0 Å². The molecule has 1 heterocycles. The fourth-order valence-electron chi connectivity index (χ4n) is 1.57. The maximum absolute atomic E-state index is 11.9. The van der Waals surface area contributed by atoms with Gasteiger partial charge in [-0.2, -0.15) is 0 Å². The van der Waals surface area contributed by atoms with Crippen molar-refractivity contribution in [3.63, 3.8) is 0 Å². The number of carbonyl (C=O) groups is 1. The summed E-state index contributed by atoms with van der Waals surface area (Å²) in [6.45, 7) is 7.43. The van der Waals surface area contributed by atoms with Crippen LogP contribution in [0.5, 0.6) is 0 Å². The number of rotatable bonds is 6. The number of sulfonamides is 1. The summed E-state index contributed by atoms with van der Waals surface area (Å²) in [6, 6.07) is 1.63. The summed E-state index contributed by atoms with van der Waals surface area (Å²) in [7, 11) is -3.44. The third kappa shape index (κ3) is 4.83. The molecule has 0 aliphatic carbocycles. The number of ether oxygens (including phenoxy) is 1. The average molecular weight is 305 g/mol. The standard InChI is InChI=1S/C12H19NO4S2/c1-5-17-12(14)10-6-9(4)18-11(10)13-19(15,16)7-8(2)3/h6,8,13H,5,7H2,1-4H3. The molecular weight excluding hydrogens is 286 g/mol. The Morgan fingerprint density at radius 3 is 2.63 bits per heavy atom. The van der Waals surface area contributed by atoms with E-state index in [-0.39, 0.29) is 23.8 Å². The van der Waals surface area contributed by atoms with E-state index in [1.54, 1.807) is 13.0 Å². The van der Waals surface area contributed by atoms with E-state index in [2.05, 4.69) is 4.72 Å². The first kappa shape index (κ1) is 16.0. The molecule has 0 atom stereocenters. The molecule has 0 amide bonds. The Kier molecular flexibility index (Phi) is 5.37. The van der Waals surface area contributed by atoms with Gasteiger partial charge < -0.3 is 4.74 Å². The van der Waals surface area contributed by atoms with E-state index < -0.39 is 16.0 Å². The first-order chi connectivity index (χ1) is 8.75. The fraction of sp³-hybridized carbons (Fsp3) is 0.583. The first-order valence-corrected chi connectivity index (χ1v) is 8.50. The van der Waals surface area contributed by atoms with Gasteiger partial charge in [-0.05, 0) is 25.8 Å². The minimum atomic E-state index is -3.44. The van der Waals surface area contributed by atoms with Crippen molar-refractivity contribution in [3.05, 3.63) is 16.5 Å². The second-order valence-corrected chi connectivity index (χ2v) is 7.62. The molecule has 1 rings (SSSR count). The summed E-state index contributed by atoms with van der Waals surface area (Å²) in [5.74, 6) is -0.467. The van der Waals surface area contributed by atoms with Crippen LogP contribution in [0.25, 0.3) is 0 Å². The summed E-state index contributed by atoms with van der Waals surface area (Å²) in [5.41, 5.74) is 0.275. The Balaban J connectivity index is 2.98. The monoisotopic (exact) mass is 305 g/mol. The van der Waals surface area contributed by atoms with E-state index in [0.717, 1.165) is 4.88 Å². The number of carbonyl (C=O) groups excluding carboxylic acids is 1. The van der Waals surface area contributed by atoms with Crippen LogP contribution in [0.4, 0.5) is 5.00 Å². The Morgan fingerprint density at radius 1 is 1.47 bits per heavy atom. The third-order valence-electron chi connectivity index (χ3n) is 2.15. The van der Waals surface area contributed by atoms with Gasteiger partial charge in [-0.25, -0.2) is 13.2 Å². The van der Waals surface area contributed by atoms with Gasteiger partial charge in [0.05, 0.1) is 17.9 Å². The lowest BCUT2D eigenvalue weighted by Gasteiger charge is -2.09. The zero-order valence-corrected chi connectivity index (χ0v) is 13.2. The second-order valence-electron chi connectivity index (χ2n) is 4.60. The maximum Gasteiger partial charge on any atom is 0.341 e. The van der Waals surface area contributed by atoms with Crippen LogP contribution in [0.1, 0.15) is 36.0 Å². The van der Waals surface area contributed by atoms with Crippen molar-refractivity contribution >= 4 is 32.3 Å². The van der Waals surface area contributed by atoms with Crippen LogP contribution in [0.2, 0.25) is 0 Å². The molecule has 5 nitrogen and oxygen atoms in total. The third-order valence-corrected chi connectivity index (χ3v) is 4.87. The van der Waals surface area contributed by atoms with Crippen molar-refractivity contribution in [2.45, 2.75) is 27.7 Å². The van der Waals surface area contributed by atoms with Crippen LogP contribution in [-0.2, 0) is 14.8 Å². The molecule has 0 radical (unpaired) electrons. The van der Waals surface area contributed by atoms with Crippen LogP contribution in [0.3, 0.4) is 0 Å². The van der Waals surface area contributed by atoms with Gasteiger partial charge in [0.25, 0.3) is 0 Å². The lowest BCUT2D eigenvalue weighted by molar-refractivity contribution is 0.0528. The van der Waals surface area contributed by atoms with Gasteiger partial charge in [-0.3, -0.25) is 4.72 Å². The zero-order valence-electron chi connectivity index (χ0n) is 11.5. The number of hydrogen-bond donors (Lipinski definition) is 1. The number of nitrogens with one attached hydrogen (secondary N) is 1. The van der Waals surface area contributed by atoms with Crippen molar-refractivity contribution in [3.8, 4) is 0 Å². The summed E-state index contributed by atoms with van der Waals surface area (Å²) in [6.07, 6.45) is 0. The van der Waals surface area contributed by atoms with Gasteiger partial charge in [0.15, 0.2) is 0 Å². The minimum absolute atomic E-state index is 0.0182. The van der Waals surface area contributed by atoms with Gasteiger partial charge in [-0.1, -0.05) is 13.8 Å². The molecule has 0 spiro atoms. The highest BCUT2D eigenvalue weighted by molar-refractivity contribution is 7.92. The molecule has 0 saturated heterocycles.